The molecule has 14 heavy (non-hydrogen) atoms. The van der Waals surface area contributed by atoms with Crippen LogP contribution in [0, 0.1) is 0 Å². The Labute approximate surface area is 93.8 Å². The van der Waals surface area contributed by atoms with E-state index in [9.17, 15) is 9.59 Å². The minimum Gasteiger partial charge on any atom is -0.368 e. The van der Waals surface area contributed by atoms with Crippen molar-refractivity contribution >= 4 is 39.1 Å². The number of carbonyl (C=O) groups excluding carboxylic acids is 2. The van der Waals surface area contributed by atoms with Gasteiger partial charge in [0.05, 0.1) is 6.54 Å². The van der Waals surface area contributed by atoms with E-state index in [1.807, 2.05) is 0 Å². The van der Waals surface area contributed by atoms with Crippen LogP contribution in [0.1, 0.15) is 9.67 Å². The zero-order valence-corrected chi connectivity index (χ0v) is 9.89. The number of rotatable bonds is 3. The van der Waals surface area contributed by atoms with Crippen molar-refractivity contribution in [1.29, 1.82) is 0 Å². The van der Waals surface area contributed by atoms with Crippen LogP contribution in [0.2, 0.25) is 0 Å². The van der Waals surface area contributed by atoms with Crippen LogP contribution in [-0.2, 0) is 4.79 Å². The van der Waals surface area contributed by atoms with Gasteiger partial charge in [0.25, 0.3) is 5.91 Å². The van der Waals surface area contributed by atoms with Gasteiger partial charge in [-0.3, -0.25) is 9.59 Å². The van der Waals surface area contributed by atoms with Crippen LogP contribution in [-0.4, -0.2) is 30.3 Å². The number of halogens is 1. The van der Waals surface area contributed by atoms with E-state index in [1.165, 1.54) is 16.2 Å². The highest BCUT2D eigenvalue weighted by atomic mass is 79.9. The largest absolute Gasteiger partial charge is 0.368 e. The molecule has 2 amide bonds. The monoisotopic (exact) mass is 276 g/mol. The molecule has 0 saturated heterocycles. The predicted molar refractivity (Wildman–Crippen MR) is 58.2 cm³/mol. The minimum absolute atomic E-state index is 0.0663. The SMILES string of the molecule is CN(CC(N)=O)C(=O)c1sccc1Br. The zero-order valence-electron chi connectivity index (χ0n) is 7.49. The Bertz CT molecular complexity index is 364. The third kappa shape index (κ3) is 2.55. The molecule has 0 aliphatic rings. The summed E-state index contributed by atoms with van der Waals surface area (Å²) in [7, 11) is 1.54. The normalized spacial score (nSPS) is 9.86. The van der Waals surface area contributed by atoms with Crippen molar-refractivity contribution in [3.63, 3.8) is 0 Å². The number of primary amides is 1. The van der Waals surface area contributed by atoms with E-state index in [1.54, 1.807) is 18.5 Å². The van der Waals surface area contributed by atoms with Crippen molar-refractivity contribution in [2.45, 2.75) is 0 Å². The van der Waals surface area contributed by atoms with Gasteiger partial charge < -0.3 is 10.6 Å². The van der Waals surface area contributed by atoms with E-state index >= 15 is 0 Å². The van der Waals surface area contributed by atoms with Crippen molar-refractivity contribution in [1.82, 2.24) is 4.90 Å². The summed E-state index contributed by atoms with van der Waals surface area (Å²) in [5, 5.41) is 1.80. The first-order valence-corrected chi connectivity index (χ1v) is 5.46. The topological polar surface area (TPSA) is 63.4 Å². The molecule has 2 N–H and O–H groups in total. The Balaban J connectivity index is 2.76. The van der Waals surface area contributed by atoms with Crippen LogP contribution in [0.15, 0.2) is 15.9 Å². The lowest BCUT2D eigenvalue weighted by molar-refractivity contribution is -0.118. The van der Waals surface area contributed by atoms with Gasteiger partial charge in [0.15, 0.2) is 0 Å². The van der Waals surface area contributed by atoms with Gasteiger partial charge in [-0.05, 0) is 27.4 Å². The molecule has 6 heteroatoms. The summed E-state index contributed by atoms with van der Waals surface area (Å²) in [4.78, 5) is 24.1. The van der Waals surface area contributed by atoms with Crippen LogP contribution in [0.4, 0.5) is 0 Å². The van der Waals surface area contributed by atoms with Gasteiger partial charge in [-0.15, -0.1) is 11.3 Å². The molecule has 1 aromatic heterocycles. The highest BCUT2D eigenvalue weighted by molar-refractivity contribution is 9.10. The summed E-state index contributed by atoms with van der Waals surface area (Å²) in [6.45, 7) is -0.0663. The number of amides is 2. The fraction of sp³-hybridized carbons (Fsp3) is 0.250. The Morgan fingerprint density at radius 3 is 2.71 bits per heavy atom. The van der Waals surface area contributed by atoms with Crippen molar-refractivity contribution < 1.29 is 9.59 Å². The molecule has 0 bridgehead atoms. The lowest BCUT2D eigenvalue weighted by atomic mass is 10.4. The molecule has 0 aliphatic heterocycles. The van der Waals surface area contributed by atoms with Crippen LogP contribution >= 0.6 is 27.3 Å². The molecule has 0 saturated carbocycles. The van der Waals surface area contributed by atoms with Gasteiger partial charge in [0, 0.05) is 11.5 Å². The molecule has 0 atom stereocenters. The molecule has 4 nitrogen and oxygen atoms in total. The molecule has 0 spiro atoms. The Morgan fingerprint density at radius 1 is 1.64 bits per heavy atom. The predicted octanol–water partition coefficient (Wildman–Crippen LogP) is 1.07. The van der Waals surface area contributed by atoms with E-state index in [0.29, 0.717) is 4.88 Å². The van der Waals surface area contributed by atoms with Gasteiger partial charge in [-0.2, -0.15) is 0 Å². The molecule has 76 valence electrons. The van der Waals surface area contributed by atoms with E-state index < -0.39 is 5.91 Å². The van der Waals surface area contributed by atoms with Gasteiger partial charge in [0.2, 0.25) is 5.91 Å². The fourth-order valence-electron chi connectivity index (χ4n) is 0.925. The smallest absolute Gasteiger partial charge is 0.265 e. The van der Waals surface area contributed by atoms with Crippen LogP contribution in [0.3, 0.4) is 0 Å². The quantitative estimate of drug-likeness (QED) is 0.898. The molecule has 0 fully saturated rings. The average molecular weight is 277 g/mol. The maximum Gasteiger partial charge on any atom is 0.265 e. The van der Waals surface area contributed by atoms with E-state index in [0.717, 1.165) is 4.47 Å². The van der Waals surface area contributed by atoms with Crippen LogP contribution in [0.5, 0.6) is 0 Å². The van der Waals surface area contributed by atoms with Crippen LogP contribution < -0.4 is 5.73 Å². The Hall–Kier alpha value is -0.880. The lowest BCUT2D eigenvalue weighted by Crippen LogP contribution is -2.35. The first kappa shape index (κ1) is 11.2. The summed E-state index contributed by atoms with van der Waals surface area (Å²) in [6, 6.07) is 1.79. The van der Waals surface area contributed by atoms with Gasteiger partial charge >= 0.3 is 0 Å². The number of likely N-dealkylation sites (N-methyl/N-ethyl adjacent to an activating group) is 1. The summed E-state index contributed by atoms with van der Waals surface area (Å²) >= 11 is 4.57. The number of hydrogen-bond donors (Lipinski definition) is 1. The van der Waals surface area contributed by atoms with Crippen molar-refractivity contribution in [3.8, 4) is 0 Å². The zero-order chi connectivity index (χ0) is 10.7. The number of thiophene rings is 1. The second-order valence-electron chi connectivity index (χ2n) is 2.73. The molecule has 0 unspecified atom stereocenters. The van der Waals surface area contributed by atoms with Crippen molar-refractivity contribution in [3.05, 3.63) is 20.8 Å². The maximum atomic E-state index is 11.7. The lowest BCUT2D eigenvalue weighted by Gasteiger charge is -2.13. The van der Waals surface area contributed by atoms with Crippen molar-refractivity contribution in [2.75, 3.05) is 13.6 Å². The van der Waals surface area contributed by atoms with Gasteiger partial charge in [-0.1, -0.05) is 0 Å². The minimum atomic E-state index is -0.520. The second-order valence-corrected chi connectivity index (χ2v) is 4.50. The summed E-state index contributed by atoms with van der Waals surface area (Å²) < 4.78 is 0.740. The first-order chi connectivity index (χ1) is 6.52. The molecule has 0 aromatic carbocycles. The van der Waals surface area contributed by atoms with Gasteiger partial charge in [-0.25, -0.2) is 0 Å². The average Bonchev–Trinajstić information content (AvgIpc) is 2.48. The third-order valence-electron chi connectivity index (χ3n) is 1.55. The second kappa shape index (κ2) is 4.56. The van der Waals surface area contributed by atoms with E-state index in [4.69, 9.17) is 5.73 Å². The van der Waals surface area contributed by atoms with Gasteiger partial charge in [0.1, 0.15) is 4.88 Å². The van der Waals surface area contributed by atoms with Crippen molar-refractivity contribution in [2.24, 2.45) is 5.73 Å². The molecule has 1 rings (SSSR count). The summed E-state index contributed by atoms with van der Waals surface area (Å²) in [5.41, 5.74) is 4.98. The summed E-state index contributed by atoms with van der Waals surface area (Å²) in [5.74, 6) is -0.723. The number of carbonyl (C=O) groups is 2. The third-order valence-corrected chi connectivity index (χ3v) is 3.38. The highest BCUT2D eigenvalue weighted by Gasteiger charge is 2.17. The molecule has 0 radical (unpaired) electrons. The molecular formula is C8H9BrN2O2S. The number of hydrogen-bond acceptors (Lipinski definition) is 3. The Kier molecular flexibility index (Phi) is 3.65. The standard InChI is InChI=1S/C8H9BrN2O2S/c1-11(4-6(10)12)8(13)7-5(9)2-3-14-7/h2-3H,4H2,1H3,(H2,10,12). The van der Waals surface area contributed by atoms with Crippen LogP contribution in [0.25, 0.3) is 0 Å². The first-order valence-electron chi connectivity index (χ1n) is 3.79. The maximum absolute atomic E-state index is 11.7. The molecule has 1 heterocycles. The fourth-order valence-corrected chi connectivity index (χ4v) is 2.46. The summed E-state index contributed by atoms with van der Waals surface area (Å²) in [6.07, 6.45) is 0. The molecular weight excluding hydrogens is 268 g/mol. The molecule has 0 aliphatic carbocycles. The molecule has 1 aromatic rings. The number of nitrogens with two attached hydrogens (primary N) is 1. The Morgan fingerprint density at radius 2 is 2.29 bits per heavy atom. The van der Waals surface area contributed by atoms with E-state index in [2.05, 4.69) is 15.9 Å². The number of nitrogens with zero attached hydrogens (tertiary/aromatic N) is 1. The highest BCUT2D eigenvalue weighted by Crippen LogP contribution is 2.23. The van der Waals surface area contributed by atoms with E-state index in [-0.39, 0.29) is 12.5 Å².